The molecule has 0 aliphatic carbocycles. The Kier molecular flexibility index (Phi) is 7.30. The summed E-state index contributed by atoms with van der Waals surface area (Å²) in [7, 11) is 0. The Bertz CT molecular complexity index is 153. The molecule has 0 saturated heterocycles. The van der Waals surface area contributed by atoms with E-state index in [1.165, 1.54) is 0 Å². The summed E-state index contributed by atoms with van der Waals surface area (Å²) in [5.74, 6) is 0. The predicted octanol–water partition coefficient (Wildman–Crippen LogP) is 0.916. The van der Waals surface area contributed by atoms with E-state index >= 15 is 0 Å². The van der Waals surface area contributed by atoms with Crippen LogP contribution in [0.1, 0.15) is 20.8 Å². The second-order valence-electron chi connectivity index (χ2n) is 2.41. The van der Waals surface area contributed by atoms with E-state index in [1.807, 2.05) is 0 Å². The van der Waals surface area contributed by atoms with Crippen molar-refractivity contribution in [1.29, 1.82) is 0 Å². The number of rotatable bonds is 0. The Hall–Kier alpha value is 0.00831. The molecule has 62 valence electrons. The Balaban J connectivity index is 0. The van der Waals surface area contributed by atoms with Gasteiger partial charge in [0.05, 0.1) is 5.60 Å². The molecule has 1 N–H and O–H groups in total. The van der Waals surface area contributed by atoms with E-state index < -0.39 is 22.8 Å². The molecule has 0 atom stereocenters. The molecular formula is C4H10MoO5. The van der Waals surface area contributed by atoms with Gasteiger partial charge in [0, 0.05) is 0 Å². The second kappa shape index (κ2) is 5.77. The van der Waals surface area contributed by atoms with E-state index in [2.05, 4.69) is 4.89 Å². The summed E-state index contributed by atoms with van der Waals surface area (Å²) >= 11 is -4.11. The van der Waals surface area contributed by atoms with Gasteiger partial charge in [-0.15, -0.1) is 0 Å². The molecular weight excluding hydrogens is 224 g/mol. The van der Waals surface area contributed by atoms with Gasteiger partial charge in [-0.05, 0) is 20.8 Å². The van der Waals surface area contributed by atoms with Crippen molar-refractivity contribution in [2.75, 3.05) is 0 Å². The summed E-state index contributed by atoms with van der Waals surface area (Å²) in [6, 6.07) is 0. The molecule has 0 bridgehead atoms. The van der Waals surface area contributed by atoms with Crippen molar-refractivity contribution in [3.8, 4) is 0 Å². The molecule has 0 aliphatic rings. The van der Waals surface area contributed by atoms with Gasteiger partial charge in [-0.25, -0.2) is 4.89 Å². The van der Waals surface area contributed by atoms with Crippen LogP contribution in [0.25, 0.3) is 0 Å². The summed E-state index contributed by atoms with van der Waals surface area (Å²) in [6.07, 6.45) is 0. The third-order valence-corrected chi connectivity index (χ3v) is 0.274. The van der Waals surface area contributed by atoms with E-state index in [0.717, 1.165) is 0 Å². The topological polar surface area (TPSA) is 80.7 Å². The van der Waals surface area contributed by atoms with E-state index in [4.69, 9.17) is 15.4 Å². The van der Waals surface area contributed by atoms with Gasteiger partial charge in [-0.2, -0.15) is 0 Å². The molecule has 0 saturated carbocycles. The van der Waals surface area contributed by atoms with Crippen LogP contribution in [-0.4, -0.2) is 10.9 Å². The first-order valence-corrected chi connectivity index (χ1v) is 4.84. The Morgan fingerprint density at radius 2 is 1.30 bits per heavy atom. The molecule has 10 heavy (non-hydrogen) atoms. The van der Waals surface area contributed by atoms with E-state index in [9.17, 15) is 0 Å². The predicted molar refractivity (Wildman–Crippen MR) is 25.5 cm³/mol. The minimum atomic E-state index is -4.11. The average Bonchev–Trinajstić information content (AvgIpc) is 1.63. The van der Waals surface area contributed by atoms with Gasteiger partial charge in [-0.1, -0.05) is 0 Å². The van der Waals surface area contributed by atoms with Gasteiger partial charge >= 0.3 is 27.4 Å². The van der Waals surface area contributed by atoms with Crippen molar-refractivity contribution >= 4 is 0 Å². The van der Waals surface area contributed by atoms with Gasteiger partial charge < -0.3 is 0 Å². The molecule has 0 unspecified atom stereocenters. The van der Waals surface area contributed by atoms with Gasteiger partial charge in [0.2, 0.25) is 0 Å². The minimum absolute atomic E-state index is 0.403. The second-order valence-corrected chi connectivity index (χ2v) is 3.41. The first-order valence-electron chi connectivity index (χ1n) is 2.39. The zero-order valence-electron chi connectivity index (χ0n) is 5.99. The van der Waals surface area contributed by atoms with Crippen LogP contribution in [0.3, 0.4) is 0 Å². The summed E-state index contributed by atoms with van der Waals surface area (Å²) in [5.41, 5.74) is -0.403. The van der Waals surface area contributed by atoms with Crippen molar-refractivity contribution in [2.45, 2.75) is 26.4 Å². The molecule has 6 heteroatoms. The third-order valence-electron chi connectivity index (χ3n) is 0.274. The quantitative estimate of drug-likeness (QED) is 0.383. The van der Waals surface area contributed by atoms with Crippen LogP contribution in [0.15, 0.2) is 0 Å². The summed E-state index contributed by atoms with van der Waals surface area (Å²) in [4.78, 5) is 3.94. The fourth-order valence-corrected chi connectivity index (χ4v) is 0. The van der Waals surface area contributed by atoms with Gasteiger partial charge in [-0.3, -0.25) is 5.26 Å². The first-order chi connectivity index (χ1) is 4.29. The molecule has 0 aliphatic heterocycles. The average molecular weight is 234 g/mol. The summed E-state index contributed by atoms with van der Waals surface area (Å²) in [5, 5.41) is 7.90. The molecule has 0 aromatic carbocycles. The van der Waals surface area contributed by atoms with Crippen LogP contribution < -0.4 is 0 Å². The molecule has 0 radical (unpaired) electrons. The van der Waals surface area contributed by atoms with Crippen LogP contribution in [0.4, 0.5) is 0 Å². The van der Waals surface area contributed by atoms with Crippen LogP contribution in [-0.2, 0) is 32.3 Å². The first kappa shape index (κ1) is 12.7. The normalized spacial score (nSPS) is 9.60. The molecule has 5 nitrogen and oxygen atoms in total. The monoisotopic (exact) mass is 236 g/mol. The molecule has 0 rings (SSSR count). The molecule has 0 aromatic heterocycles. The number of hydrogen-bond acceptors (Lipinski definition) is 5. The number of hydrogen-bond donors (Lipinski definition) is 1. The fraction of sp³-hybridized carbons (Fsp3) is 1.00. The van der Waals surface area contributed by atoms with Crippen molar-refractivity contribution in [3.63, 3.8) is 0 Å². The zero-order valence-corrected chi connectivity index (χ0v) is 8.00. The van der Waals surface area contributed by atoms with E-state index in [1.54, 1.807) is 20.8 Å². The van der Waals surface area contributed by atoms with Crippen molar-refractivity contribution < 1.29 is 37.5 Å². The summed E-state index contributed by atoms with van der Waals surface area (Å²) in [6.45, 7) is 5.31. The Morgan fingerprint density at radius 3 is 1.30 bits per heavy atom. The van der Waals surface area contributed by atoms with Crippen molar-refractivity contribution in [2.24, 2.45) is 0 Å². The van der Waals surface area contributed by atoms with Crippen LogP contribution in [0.2, 0.25) is 0 Å². The Morgan fingerprint density at radius 1 is 1.20 bits per heavy atom. The maximum absolute atomic E-state index is 8.59. The third kappa shape index (κ3) is 43.5. The maximum atomic E-state index is 8.59. The van der Waals surface area contributed by atoms with Gasteiger partial charge in [0.25, 0.3) is 0 Å². The van der Waals surface area contributed by atoms with Crippen molar-refractivity contribution in [1.82, 2.24) is 0 Å². The van der Waals surface area contributed by atoms with Gasteiger partial charge in [0.15, 0.2) is 0 Å². The molecule has 0 spiro atoms. The van der Waals surface area contributed by atoms with Gasteiger partial charge in [0.1, 0.15) is 0 Å². The molecule has 0 aromatic rings. The molecule has 0 fully saturated rings. The van der Waals surface area contributed by atoms with Crippen LogP contribution >= 0.6 is 0 Å². The summed E-state index contributed by atoms with van der Waals surface area (Å²) < 4.78 is 25.8. The van der Waals surface area contributed by atoms with Crippen LogP contribution in [0, 0.1) is 0 Å². The van der Waals surface area contributed by atoms with Crippen molar-refractivity contribution in [3.05, 3.63) is 0 Å². The molecule has 0 amide bonds. The van der Waals surface area contributed by atoms with Crippen LogP contribution in [0.5, 0.6) is 0 Å². The standard InChI is InChI=1S/C4H10O2.Mo.3O/c1-4(2,3)6-5;;;;/h5H,1-3H3;;;;. The van der Waals surface area contributed by atoms with E-state index in [0.29, 0.717) is 0 Å². The zero-order chi connectivity index (χ0) is 8.78. The SMILES string of the molecule is CC(C)(C)OO.[O]=[Mo](=[O])=[O]. The molecule has 0 heterocycles. The van der Waals surface area contributed by atoms with E-state index in [-0.39, 0.29) is 0 Å². The Labute approximate surface area is 64.4 Å². The fourth-order valence-electron chi connectivity index (χ4n) is 0.